The smallest absolute Gasteiger partial charge is 0.255 e. The predicted molar refractivity (Wildman–Crippen MR) is 144 cm³/mol. The van der Waals surface area contributed by atoms with E-state index in [0.717, 1.165) is 35.9 Å². The highest BCUT2D eigenvalue weighted by molar-refractivity contribution is 6.35. The molecule has 0 saturated carbocycles. The molecule has 0 atom stereocenters. The number of halogens is 2. The zero-order valence-corrected chi connectivity index (χ0v) is 20.6. The van der Waals surface area contributed by atoms with Crippen LogP contribution in [0.4, 0.5) is 11.4 Å². The standard InChI is InChI=1S/C26H22Cl2N6O2/c27-21-13-17(4-6-19(21)23-29-8-9-30-23)33-25(35)15-2-1-3-16(12-15)26(36)34-18-5-7-20(22(28)14-18)24-31-10-11-32-24/h1-7,12-14H,8-11H2,(H,29,30)(H,31,32)(H,33,35)(H,34,36). The molecule has 0 aliphatic carbocycles. The van der Waals surface area contributed by atoms with Crippen LogP contribution in [0.15, 0.2) is 70.6 Å². The summed E-state index contributed by atoms with van der Waals surface area (Å²) in [6.07, 6.45) is 0. The first-order chi connectivity index (χ1) is 17.5. The van der Waals surface area contributed by atoms with E-state index < -0.39 is 0 Å². The number of hydrogen-bond acceptors (Lipinski definition) is 6. The number of carbonyl (C=O) groups excluding carboxylic acids is 2. The predicted octanol–water partition coefficient (Wildman–Crippen LogP) is 4.20. The van der Waals surface area contributed by atoms with Crippen LogP contribution in [0, 0.1) is 0 Å². The van der Waals surface area contributed by atoms with E-state index in [0.29, 0.717) is 45.6 Å². The Kier molecular flexibility index (Phi) is 6.88. The lowest BCUT2D eigenvalue weighted by atomic mass is 10.1. The fraction of sp³-hybridized carbons (Fsp3) is 0.154. The summed E-state index contributed by atoms with van der Waals surface area (Å²) in [5.74, 6) is 0.775. The van der Waals surface area contributed by atoms with Crippen LogP contribution < -0.4 is 21.3 Å². The molecule has 3 aromatic carbocycles. The van der Waals surface area contributed by atoms with E-state index in [4.69, 9.17) is 23.2 Å². The zero-order chi connectivity index (χ0) is 25.1. The number of hydrogen-bond donors (Lipinski definition) is 4. The minimum atomic E-state index is -0.359. The summed E-state index contributed by atoms with van der Waals surface area (Å²) in [4.78, 5) is 34.4. The molecule has 182 valence electrons. The second-order valence-electron chi connectivity index (χ2n) is 8.19. The molecule has 0 bridgehead atoms. The van der Waals surface area contributed by atoms with Crippen molar-refractivity contribution in [1.82, 2.24) is 10.6 Å². The van der Waals surface area contributed by atoms with Crippen LogP contribution in [0.2, 0.25) is 10.0 Å². The van der Waals surface area contributed by atoms with E-state index in [1.807, 2.05) is 12.1 Å². The van der Waals surface area contributed by atoms with Crippen LogP contribution >= 0.6 is 23.2 Å². The topological polar surface area (TPSA) is 107 Å². The number of carbonyl (C=O) groups is 2. The van der Waals surface area contributed by atoms with Gasteiger partial charge in [-0.2, -0.15) is 0 Å². The average molecular weight is 521 g/mol. The monoisotopic (exact) mass is 520 g/mol. The molecule has 2 amide bonds. The quantitative estimate of drug-likeness (QED) is 0.390. The molecule has 5 rings (SSSR count). The van der Waals surface area contributed by atoms with E-state index in [2.05, 4.69) is 31.3 Å². The van der Waals surface area contributed by atoms with E-state index >= 15 is 0 Å². The van der Waals surface area contributed by atoms with Crippen LogP contribution in [0.5, 0.6) is 0 Å². The van der Waals surface area contributed by atoms with Crippen molar-refractivity contribution in [3.63, 3.8) is 0 Å². The van der Waals surface area contributed by atoms with Gasteiger partial charge in [0.05, 0.1) is 23.1 Å². The fourth-order valence-electron chi connectivity index (χ4n) is 3.93. The van der Waals surface area contributed by atoms with Gasteiger partial charge in [-0.3, -0.25) is 19.6 Å². The maximum atomic E-state index is 12.9. The van der Waals surface area contributed by atoms with Gasteiger partial charge in [0.15, 0.2) is 0 Å². The van der Waals surface area contributed by atoms with Gasteiger partial charge >= 0.3 is 0 Å². The van der Waals surface area contributed by atoms with Gasteiger partial charge in [0, 0.05) is 46.7 Å². The van der Waals surface area contributed by atoms with Gasteiger partial charge < -0.3 is 21.3 Å². The van der Waals surface area contributed by atoms with E-state index in [1.165, 1.54) is 6.07 Å². The van der Waals surface area contributed by atoms with Crippen LogP contribution in [-0.2, 0) is 0 Å². The van der Waals surface area contributed by atoms with Crippen LogP contribution in [0.25, 0.3) is 0 Å². The second-order valence-corrected chi connectivity index (χ2v) is 9.01. The molecular formula is C26H22Cl2N6O2. The Morgan fingerprint density at radius 3 is 1.56 bits per heavy atom. The minimum absolute atomic E-state index is 0.336. The van der Waals surface area contributed by atoms with Crippen molar-refractivity contribution >= 4 is 58.1 Å². The molecule has 0 spiro atoms. The maximum Gasteiger partial charge on any atom is 0.255 e. The Morgan fingerprint density at radius 1 is 0.694 bits per heavy atom. The van der Waals surface area contributed by atoms with Crippen molar-refractivity contribution in [1.29, 1.82) is 0 Å². The normalized spacial score (nSPS) is 14.4. The molecule has 10 heteroatoms. The van der Waals surface area contributed by atoms with Crippen LogP contribution in [0.1, 0.15) is 31.8 Å². The van der Waals surface area contributed by atoms with E-state index in [-0.39, 0.29) is 11.8 Å². The summed E-state index contributed by atoms with van der Waals surface area (Å²) in [6, 6.07) is 17.0. The van der Waals surface area contributed by atoms with Gasteiger partial charge in [0.25, 0.3) is 11.8 Å². The number of amidine groups is 2. The van der Waals surface area contributed by atoms with Gasteiger partial charge in [-0.05, 0) is 54.6 Å². The third-order valence-corrected chi connectivity index (χ3v) is 6.32. The highest BCUT2D eigenvalue weighted by atomic mass is 35.5. The Morgan fingerprint density at radius 2 is 1.17 bits per heavy atom. The Hall–Kier alpha value is -3.88. The molecule has 4 N–H and O–H groups in total. The molecule has 0 saturated heterocycles. The van der Waals surface area contributed by atoms with Gasteiger partial charge in [0.2, 0.25) is 0 Å². The third kappa shape index (κ3) is 5.19. The van der Waals surface area contributed by atoms with Crippen molar-refractivity contribution in [2.24, 2.45) is 9.98 Å². The lowest BCUT2D eigenvalue weighted by Gasteiger charge is -2.11. The molecule has 0 fully saturated rings. The third-order valence-electron chi connectivity index (χ3n) is 5.70. The van der Waals surface area contributed by atoms with Crippen LogP contribution in [0.3, 0.4) is 0 Å². The molecule has 0 aromatic heterocycles. The van der Waals surface area contributed by atoms with Crippen molar-refractivity contribution in [3.05, 3.63) is 93.0 Å². The second kappa shape index (κ2) is 10.4. The zero-order valence-electron chi connectivity index (χ0n) is 19.1. The molecular weight excluding hydrogens is 499 g/mol. The fourth-order valence-corrected chi connectivity index (χ4v) is 4.47. The number of amides is 2. The molecule has 36 heavy (non-hydrogen) atoms. The van der Waals surface area contributed by atoms with Gasteiger partial charge in [0.1, 0.15) is 11.7 Å². The van der Waals surface area contributed by atoms with Gasteiger partial charge in [-0.25, -0.2) is 0 Å². The van der Waals surface area contributed by atoms with Gasteiger partial charge in [-0.15, -0.1) is 0 Å². The molecule has 2 heterocycles. The molecule has 0 unspecified atom stereocenters. The van der Waals surface area contributed by atoms with Crippen molar-refractivity contribution in [3.8, 4) is 0 Å². The first kappa shape index (κ1) is 23.8. The van der Waals surface area contributed by atoms with E-state index in [1.54, 1.807) is 42.5 Å². The summed E-state index contributed by atoms with van der Waals surface area (Å²) >= 11 is 12.8. The van der Waals surface area contributed by atoms with E-state index in [9.17, 15) is 9.59 Å². The minimum Gasteiger partial charge on any atom is -0.368 e. The van der Waals surface area contributed by atoms with Crippen molar-refractivity contribution in [2.45, 2.75) is 0 Å². The summed E-state index contributed by atoms with van der Waals surface area (Å²) < 4.78 is 0. The number of rotatable bonds is 6. The molecule has 2 aliphatic rings. The summed E-state index contributed by atoms with van der Waals surface area (Å²) in [5.41, 5.74) is 3.32. The first-order valence-corrected chi connectivity index (χ1v) is 12.1. The highest BCUT2D eigenvalue weighted by Gasteiger charge is 2.16. The van der Waals surface area contributed by atoms with Crippen molar-refractivity contribution in [2.75, 3.05) is 36.8 Å². The number of nitrogens with one attached hydrogen (secondary N) is 4. The average Bonchev–Trinajstić information content (AvgIpc) is 3.59. The van der Waals surface area contributed by atoms with Crippen molar-refractivity contribution < 1.29 is 9.59 Å². The number of aliphatic imine (C=N–C) groups is 2. The number of nitrogens with zero attached hydrogens (tertiary/aromatic N) is 2. The highest BCUT2D eigenvalue weighted by Crippen LogP contribution is 2.24. The summed E-state index contributed by atoms with van der Waals surface area (Å²) in [5, 5.41) is 13.0. The molecule has 3 aromatic rings. The summed E-state index contributed by atoms with van der Waals surface area (Å²) in [6.45, 7) is 2.97. The number of anilines is 2. The SMILES string of the molecule is O=C(Nc1ccc(C2=NCCN2)c(Cl)c1)c1cccc(C(=O)Nc2ccc(C3=NCCN3)c(Cl)c2)c1. The molecule has 8 nitrogen and oxygen atoms in total. The largest absolute Gasteiger partial charge is 0.368 e. The Bertz CT molecular complexity index is 1320. The number of benzene rings is 3. The lowest BCUT2D eigenvalue weighted by molar-refractivity contribution is 0.102. The van der Waals surface area contributed by atoms with Gasteiger partial charge in [-0.1, -0.05) is 29.3 Å². The Balaban J connectivity index is 1.26. The molecule has 2 aliphatic heterocycles. The lowest BCUT2D eigenvalue weighted by Crippen LogP contribution is -2.20. The summed E-state index contributed by atoms with van der Waals surface area (Å²) in [7, 11) is 0. The maximum absolute atomic E-state index is 12.9. The van der Waals surface area contributed by atoms with Crippen LogP contribution in [-0.4, -0.2) is 49.7 Å². The Labute approximate surface area is 217 Å². The molecule has 0 radical (unpaired) electrons. The first-order valence-electron chi connectivity index (χ1n) is 11.4.